The summed E-state index contributed by atoms with van der Waals surface area (Å²) in [5.74, 6) is -0.0801. The Balaban J connectivity index is 1.86. The molecule has 0 aromatic heterocycles. The number of carbonyl (C=O) groups excluding carboxylic acids is 1. The third kappa shape index (κ3) is 1.91. The molecular formula is C10H18N2O2. The molecule has 0 spiro atoms. The number of aliphatic hydroxyl groups is 1. The Morgan fingerprint density at radius 2 is 2.00 bits per heavy atom. The Bertz CT molecular complexity index is 238. The zero-order chi connectivity index (χ0) is 10.2. The SMILES string of the molecule is NC1(C(=O)N[C@H]2CCCC[C@@H]2O)CC1. The molecule has 2 aliphatic rings. The summed E-state index contributed by atoms with van der Waals surface area (Å²) >= 11 is 0. The van der Waals surface area contributed by atoms with E-state index >= 15 is 0 Å². The van der Waals surface area contributed by atoms with Crippen LogP contribution < -0.4 is 11.1 Å². The van der Waals surface area contributed by atoms with E-state index < -0.39 is 5.54 Å². The molecule has 4 N–H and O–H groups in total. The third-order valence-corrected chi connectivity index (χ3v) is 3.29. The van der Waals surface area contributed by atoms with Gasteiger partial charge in [0.1, 0.15) is 0 Å². The molecule has 0 radical (unpaired) electrons. The minimum absolute atomic E-state index is 0.0720. The van der Waals surface area contributed by atoms with E-state index in [1.807, 2.05) is 0 Å². The fourth-order valence-corrected chi connectivity index (χ4v) is 1.95. The van der Waals surface area contributed by atoms with Crippen LogP contribution in [0.4, 0.5) is 0 Å². The Morgan fingerprint density at radius 1 is 1.36 bits per heavy atom. The molecule has 2 atom stereocenters. The largest absolute Gasteiger partial charge is 0.391 e. The van der Waals surface area contributed by atoms with E-state index in [9.17, 15) is 9.90 Å². The topological polar surface area (TPSA) is 75.4 Å². The first-order valence-electron chi connectivity index (χ1n) is 5.40. The second kappa shape index (κ2) is 3.51. The fourth-order valence-electron chi connectivity index (χ4n) is 1.95. The summed E-state index contributed by atoms with van der Waals surface area (Å²) in [6.45, 7) is 0. The van der Waals surface area contributed by atoms with Crippen molar-refractivity contribution >= 4 is 5.91 Å². The van der Waals surface area contributed by atoms with E-state index in [2.05, 4.69) is 5.32 Å². The summed E-state index contributed by atoms with van der Waals surface area (Å²) in [4.78, 5) is 11.6. The van der Waals surface area contributed by atoms with E-state index in [4.69, 9.17) is 5.73 Å². The van der Waals surface area contributed by atoms with Crippen molar-refractivity contribution in [3.05, 3.63) is 0 Å². The van der Waals surface area contributed by atoms with E-state index in [1.54, 1.807) is 0 Å². The maximum absolute atomic E-state index is 11.6. The molecule has 0 unspecified atom stereocenters. The van der Waals surface area contributed by atoms with Crippen molar-refractivity contribution in [2.45, 2.75) is 56.2 Å². The van der Waals surface area contributed by atoms with Crippen molar-refractivity contribution in [3.63, 3.8) is 0 Å². The summed E-state index contributed by atoms with van der Waals surface area (Å²) in [7, 11) is 0. The number of aliphatic hydroxyl groups excluding tert-OH is 1. The molecule has 0 saturated heterocycles. The van der Waals surface area contributed by atoms with E-state index in [-0.39, 0.29) is 18.1 Å². The maximum atomic E-state index is 11.6. The zero-order valence-electron chi connectivity index (χ0n) is 8.33. The van der Waals surface area contributed by atoms with Gasteiger partial charge in [0.05, 0.1) is 17.7 Å². The van der Waals surface area contributed by atoms with Gasteiger partial charge in [0.15, 0.2) is 0 Å². The lowest BCUT2D eigenvalue weighted by Crippen LogP contribution is -2.51. The molecule has 4 nitrogen and oxygen atoms in total. The maximum Gasteiger partial charge on any atom is 0.240 e. The van der Waals surface area contributed by atoms with Crippen LogP contribution in [-0.2, 0) is 4.79 Å². The van der Waals surface area contributed by atoms with Crippen LogP contribution in [0.2, 0.25) is 0 Å². The van der Waals surface area contributed by atoms with E-state index in [1.165, 1.54) is 0 Å². The molecule has 80 valence electrons. The molecule has 0 heterocycles. The molecule has 14 heavy (non-hydrogen) atoms. The van der Waals surface area contributed by atoms with Crippen molar-refractivity contribution in [3.8, 4) is 0 Å². The highest BCUT2D eigenvalue weighted by atomic mass is 16.3. The van der Waals surface area contributed by atoms with Gasteiger partial charge >= 0.3 is 0 Å². The molecular weight excluding hydrogens is 180 g/mol. The third-order valence-electron chi connectivity index (χ3n) is 3.29. The lowest BCUT2D eigenvalue weighted by atomic mass is 9.92. The monoisotopic (exact) mass is 198 g/mol. The van der Waals surface area contributed by atoms with E-state index in [0.717, 1.165) is 38.5 Å². The number of carbonyl (C=O) groups is 1. The average molecular weight is 198 g/mol. The van der Waals surface area contributed by atoms with Gasteiger partial charge in [0.2, 0.25) is 5.91 Å². The minimum Gasteiger partial charge on any atom is -0.391 e. The number of rotatable bonds is 2. The highest BCUT2D eigenvalue weighted by molar-refractivity contribution is 5.89. The first-order chi connectivity index (χ1) is 6.62. The van der Waals surface area contributed by atoms with E-state index in [0.29, 0.717) is 0 Å². The molecule has 4 heteroatoms. The van der Waals surface area contributed by atoms with Crippen molar-refractivity contribution in [2.75, 3.05) is 0 Å². The van der Waals surface area contributed by atoms with Crippen LogP contribution in [0.15, 0.2) is 0 Å². The molecule has 0 bridgehead atoms. The Kier molecular flexibility index (Phi) is 2.49. The van der Waals surface area contributed by atoms with Gasteiger partial charge in [-0.15, -0.1) is 0 Å². The second-order valence-corrected chi connectivity index (χ2v) is 4.59. The number of amides is 1. The van der Waals surface area contributed by atoms with Gasteiger partial charge in [-0.3, -0.25) is 4.79 Å². The summed E-state index contributed by atoms with van der Waals surface area (Å²) in [6, 6.07) is -0.0720. The molecule has 0 aromatic rings. The summed E-state index contributed by atoms with van der Waals surface area (Å²) in [6.07, 6.45) is 4.99. The summed E-state index contributed by atoms with van der Waals surface area (Å²) in [5.41, 5.74) is 5.15. The van der Waals surface area contributed by atoms with Crippen LogP contribution in [0.25, 0.3) is 0 Å². The molecule has 0 aromatic carbocycles. The Hall–Kier alpha value is -0.610. The first-order valence-corrected chi connectivity index (χ1v) is 5.40. The molecule has 2 rings (SSSR count). The molecule has 2 aliphatic carbocycles. The Labute approximate surface area is 83.9 Å². The fraction of sp³-hybridized carbons (Fsp3) is 0.900. The lowest BCUT2D eigenvalue weighted by Gasteiger charge is -2.29. The van der Waals surface area contributed by atoms with Gasteiger partial charge in [-0.1, -0.05) is 12.8 Å². The van der Waals surface area contributed by atoms with Crippen LogP contribution in [0.5, 0.6) is 0 Å². The first kappa shape index (κ1) is 9.93. The van der Waals surface area contributed by atoms with Crippen molar-refractivity contribution in [1.29, 1.82) is 0 Å². The number of nitrogens with two attached hydrogens (primary N) is 1. The summed E-state index contributed by atoms with van der Waals surface area (Å²) < 4.78 is 0. The zero-order valence-corrected chi connectivity index (χ0v) is 8.33. The molecule has 0 aliphatic heterocycles. The smallest absolute Gasteiger partial charge is 0.240 e. The molecule has 2 fully saturated rings. The molecule has 2 saturated carbocycles. The van der Waals surface area contributed by atoms with Crippen LogP contribution in [0.3, 0.4) is 0 Å². The normalized spacial score (nSPS) is 35.0. The second-order valence-electron chi connectivity index (χ2n) is 4.59. The van der Waals surface area contributed by atoms with Crippen LogP contribution in [0, 0.1) is 0 Å². The van der Waals surface area contributed by atoms with Crippen molar-refractivity contribution in [2.24, 2.45) is 5.73 Å². The standard InChI is InChI=1S/C10H18N2O2/c11-10(5-6-10)9(14)12-7-3-1-2-4-8(7)13/h7-8,13H,1-6,11H2,(H,12,14)/t7-,8-/m0/s1. The predicted molar refractivity (Wildman–Crippen MR) is 52.6 cm³/mol. The van der Waals surface area contributed by atoms with Gasteiger partial charge in [-0.2, -0.15) is 0 Å². The van der Waals surface area contributed by atoms with Crippen molar-refractivity contribution in [1.82, 2.24) is 5.32 Å². The van der Waals surface area contributed by atoms with Gasteiger partial charge < -0.3 is 16.2 Å². The van der Waals surface area contributed by atoms with Gasteiger partial charge in [-0.05, 0) is 25.7 Å². The van der Waals surface area contributed by atoms with Crippen LogP contribution in [0.1, 0.15) is 38.5 Å². The van der Waals surface area contributed by atoms with Gasteiger partial charge in [0.25, 0.3) is 0 Å². The highest BCUT2D eigenvalue weighted by Crippen LogP contribution is 2.32. The molecule has 1 amide bonds. The minimum atomic E-state index is -0.614. The number of nitrogens with one attached hydrogen (secondary N) is 1. The van der Waals surface area contributed by atoms with Crippen molar-refractivity contribution < 1.29 is 9.90 Å². The highest BCUT2D eigenvalue weighted by Gasteiger charge is 2.46. The Morgan fingerprint density at radius 3 is 2.57 bits per heavy atom. The number of hydrogen-bond donors (Lipinski definition) is 3. The lowest BCUT2D eigenvalue weighted by molar-refractivity contribution is -0.125. The summed E-state index contributed by atoms with van der Waals surface area (Å²) in [5, 5.41) is 12.5. The van der Waals surface area contributed by atoms with Gasteiger partial charge in [0, 0.05) is 0 Å². The predicted octanol–water partition coefficient (Wildman–Crippen LogP) is -0.103. The van der Waals surface area contributed by atoms with Gasteiger partial charge in [-0.25, -0.2) is 0 Å². The number of hydrogen-bond acceptors (Lipinski definition) is 3. The van der Waals surface area contributed by atoms with Crippen LogP contribution in [-0.4, -0.2) is 28.7 Å². The van der Waals surface area contributed by atoms with Crippen LogP contribution >= 0.6 is 0 Å². The quantitative estimate of drug-likeness (QED) is 0.580. The average Bonchev–Trinajstić information content (AvgIpc) is 2.89.